The second kappa shape index (κ2) is 4.13. The molecule has 0 amide bonds. The first kappa shape index (κ1) is 12.1. The molecule has 1 aromatic heterocycles. The molecule has 0 unspecified atom stereocenters. The normalized spacial score (nSPS) is 11.5. The van der Waals surface area contributed by atoms with Crippen LogP contribution < -0.4 is 10.4 Å². The van der Waals surface area contributed by atoms with Crippen molar-refractivity contribution in [1.29, 1.82) is 0 Å². The van der Waals surface area contributed by atoms with Crippen molar-refractivity contribution in [2.24, 2.45) is 0 Å². The highest BCUT2D eigenvalue weighted by Gasteiger charge is 2.42. The fourth-order valence-corrected chi connectivity index (χ4v) is 1.30. The predicted octanol–water partition coefficient (Wildman–Crippen LogP) is 1.39. The van der Waals surface area contributed by atoms with Crippen LogP contribution in [0.3, 0.4) is 0 Å². The molecule has 1 aromatic carbocycles. The molecular weight excluding hydrogens is 253 g/mol. The Balaban J connectivity index is 2.51. The summed E-state index contributed by atoms with van der Waals surface area (Å²) in [6.45, 7) is 0. The molecule has 5 nitrogen and oxygen atoms in total. The van der Waals surface area contributed by atoms with E-state index in [-0.39, 0.29) is 10.9 Å². The van der Waals surface area contributed by atoms with Crippen LogP contribution in [0.1, 0.15) is 0 Å². The summed E-state index contributed by atoms with van der Waals surface area (Å²) >= 11 is 0. The maximum absolute atomic E-state index is 12.0. The molecule has 0 aliphatic heterocycles. The number of hydrogen-bond donors (Lipinski definition) is 1. The van der Waals surface area contributed by atoms with Gasteiger partial charge in [-0.25, -0.2) is 9.59 Å². The van der Waals surface area contributed by atoms with Gasteiger partial charge in [0.05, 0.1) is 10.9 Å². The summed E-state index contributed by atoms with van der Waals surface area (Å²) < 4.78 is 40.2. The molecule has 0 atom stereocenters. The van der Waals surface area contributed by atoms with E-state index in [0.717, 1.165) is 0 Å². The minimum absolute atomic E-state index is 0.106. The van der Waals surface area contributed by atoms with Gasteiger partial charge in [-0.05, 0) is 12.1 Å². The number of rotatable bonds is 1. The Morgan fingerprint density at radius 1 is 1.28 bits per heavy atom. The molecule has 94 valence electrons. The number of H-pyrrole nitrogens is 1. The maximum atomic E-state index is 12.0. The van der Waals surface area contributed by atoms with Crippen molar-refractivity contribution in [2.45, 2.75) is 6.18 Å². The maximum Gasteiger partial charge on any atom is 0.491 e. The number of carbonyl (C=O) groups excluding carboxylic acids is 1. The van der Waals surface area contributed by atoms with Crippen molar-refractivity contribution in [2.75, 3.05) is 0 Å². The highest BCUT2D eigenvalue weighted by atomic mass is 19.4. The van der Waals surface area contributed by atoms with Crippen LogP contribution in [-0.4, -0.2) is 22.1 Å². The molecule has 0 aliphatic carbocycles. The van der Waals surface area contributed by atoms with E-state index < -0.39 is 23.7 Å². The Hall–Kier alpha value is -2.38. The monoisotopic (exact) mass is 258 g/mol. The minimum Gasteiger partial charge on any atom is -0.400 e. The SMILES string of the molecule is O=C(Oc1nc(=O)[nH]c2ccccc12)C(F)(F)F. The number of fused-ring (bicyclic) bond motifs is 1. The largest absolute Gasteiger partial charge is 0.491 e. The lowest BCUT2D eigenvalue weighted by atomic mass is 10.2. The van der Waals surface area contributed by atoms with Crippen molar-refractivity contribution < 1.29 is 22.7 Å². The lowest BCUT2D eigenvalue weighted by Gasteiger charge is -2.07. The topological polar surface area (TPSA) is 72.0 Å². The Kier molecular flexibility index (Phi) is 2.77. The van der Waals surface area contributed by atoms with Crippen LogP contribution in [0, 0.1) is 0 Å². The minimum atomic E-state index is -5.15. The lowest BCUT2D eigenvalue weighted by molar-refractivity contribution is -0.189. The van der Waals surface area contributed by atoms with Crippen LogP contribution in [-0.2, 0) is 4.79 Å². The van der Waals surface area contributed by atoms with E-state index in [1.54, 1.807) is 6.07 Å². The summed E-state index contributed by atoms with van der Waals surface area (Å²) in [5.41, 5.74) is -0.679. The van der Waals surface area contributed by atoms with Crippen LogP contribution in [0.4, 0.5) is 13.2 Å². The number of carbonyl (C=O) groups is 1. The zero-order chi connectivity index (χ0) is 13.3. The van der Waals surface area contributed by atoms with Crippen molar-refractivity contribution in [3.8, 4) is 5.88 Å². The zero-order valence-corrected chi connectivity index (χ0v) is 8.62. The van der Waals surface area contributed by atoms with E-state index in [1.165, 1.54) is 18.2 Å². The third-order valence-electron chi connectivity index (χ3n) is 2.02. The molecule has 18 heavy (non-hydrogen) atoms. The molecule has 0 saturated heterocycles. The number of hydrogen-bond acceptors (Lipinski definition) is 4. The summed E-state index contributed by atoms with van der Waals surface area (Å²) in [6.07, 6.45) is -5.15. The molecule has 8 heteroatoms. The third kappa shape index (κ3) is 2.31. The summed E-state index contributed by atoms with van der Waals surface area (Å²) in [7, 11) is 0. The van der Waals surface area contributed by atoms with E-state index in [4.69, 9.17) is 0 Å². The Morgan fingerprint density at radius 2 is 1.94 bits per heavy atom. The summed E-state index contributed by atoms with van der Waals surface area (Å²) in [4.78, 5) is 27.3. The molecule has 0 aliphatic rings. The van der Waals surface area contributed by atoms with Crippen LogP contribution >= 0.6 is 0 Å². The molecule has 0 radical (unpaired) electrons. The Labute approximate surface area is 97.2 Å². The highest BCUT2D eigenvalue weighted by molar-refractivity contribution is 5.87. The zero-order valence-electron chi connectivity index (χ0n) is 8.62. The van der Waals surface area contributed by atoms with Gasteiger partial charge in [-0.3, -0.25) is 0 Å². The van der Waals surface area contributed by atoms with Gasteiger partial charge in [0.1, 0.15) is 0 Å². The Morgan fingerprint density at radius 3 is 2.61 bits per heavy atom. The number of alkyl halides is 3. The van der Waals surface area contributed by atoms with E-state index in [2.05, 4.69) is 14.7 Å². The number of aromatic nitrogens is 2. The molecule has 1 heterocycles. The number of ether oxygens (including phenoxy) is 1. The summed E-state index contributed by atoms with van der Waals surface area (Å²) in [5, 5.41) is 0.106. The number of aromatic amines is 1. The fraction of sp³-hybridized carbons (Fsp3) is 0.100. The van der Waals surface area contributed by atoms with Crippen LogP contribution in [0.2, 0.25) is 0 Å². The van der Waals surface area contributed by atoms with Gasteiger partial charge in [0.15, 0.2) is 0 Å². The molecule has 0 spiro atoms. The second-order valence-electron chi connectivity index (χ2n) is 3.28. The number of esters is 1. The average molecular weight is 258 g/mol. The van der Waals surface area contributed by atoms with E-state index in [0.29, 0.717) is 0 Å². The molecular formula is C10H5F3N2O3. The van der Waals surface area contributed by atoms with Gasteiger partial charge in [-0.2, -0.15) is 18.2 Å². The number of nitrogens with one attached hydrogen (secondary N) is 1. The van der Waals surface area contributed by atoms with Gasteiger partial charge in [0.2, 0.25) is 5.88 Å². The molecule has 0 saturated carbocycles. The van der Waals surface area contributed by atoms with Gasteiger partial charge in [-0.15, -0.1) is 0 Å². The second-order valence-corrected chi connectivity index (χ2v) is 3.28. The van der Waals surface area contributed by atoms with Gasteiger partial charge in [0, 0.05) is 0 Å². The highest BCUT2D eigenvalue weighted by Crippen LogP contribution is 2.23. The first-order valence-electron chi connectivity index (χ1n) is 4.66. The van der Waals surface area contributed by atoms with Crippen LogP contribution in [0.25, 0.3) is 10.9 Å². The predicted molar refractivity (Wildman–Crippen MR) is 54.1 cm³/mol. The number of para-hydroxylation sites is 1. The Bertz CT molecular complexity index is 663. The van der Waals surface area contributed by atoms with Crippen molar-refractivity contribution >= 4 is 16.9 Å². The van der Waals surface area contributed by atoms with Crippen molar-refractivity contribution in [1.82, 2.24) is 9.97 Å². The van der Waals surface area contributed by atoms with E-state index in [9.17, 15) is 22.8 Å². The first-order chi connectivity index (χ1) is 8.38. The third-order valence-corrected chi connectivity index (χ3v) is 2.02. The standard InChI is InChI=1S/C10H5F3N2O3/c11-10(12,13)8(16)18-7-5-3-1-2-4-6(5)14-9(17)15-7/h1-4H,(H,14,15,17). The molecule has 1 N–H and O–H groups in total. The van der Waals surface area contributed by atoms with Crippen molar-refractivity contribution in [3.63, 3.8) is 0 Å². The quantitative estimate of drug-likeness (QED) is 0.784. The van der Waals surface area contributed by atoms with E-state index in [1.807, 2.05) is 0 Å². The number of nitrogens with zero attached hydrogens (tertiary/aromatic N) is 1. The molecule has 2 aromatic rings. The van der Waals surface area contributed by atoms with Gasteiger partial charge < -0.3 is 9.72 Å². The lowest BCUT2D eigenvalue weighted by Crippen LogP contribution is -2.29. The van der Waals surface area contributed by atoms with Gasteiger partial charge >= 0.3 is 17.8 Å². The van der Waals surface area contributed by atoms with Gasteiger partial charge in [0.25, 0.3) is 0 Å². The number of halogens is 3. The average Bonchev–Trinajstić information content (AvgIpc) is 2.27. The smallest absolute Gasteiger partial charge is 0.400 e. The molecule has 0 fully saturated rings. The van der Waals surface area contributed by atoms with Crippen molar-refractivity contribution in [3.05, 3.63) is 34.7 Å². The fourth-order valence-electron chi connectivity index (χ4n) is 1.30. The molecule has 2 rings (SSSR count). The van der Waals surface area contributed by atoms with E-state index >= 15 is 0 Å². The van der Waals surface area contributed by atoms with Crippen LogP contribution in [0.5, 0.6) is 5.88 Å². The summed E-state index contributed by atoms with van der Waals surface area (Å²) in [5.74, 6) is -3.09. The van der Waals surface area contributed by atoms with Gasteiger partial charge in [-0.1, -0.05) is 12.1 Å². The number of benzene rings is 1. The first-order valence-corrected chi connectivity index (χ1v) is 4.66. The summed E-state index contributed by atoms with van der Waals surface area (Å²) in [6, 6.07) is 5.89. The molecule has 0 bridgehead atoms. The van der Waals surface area contributed by atoms with Crippen LogP contribution in [0.15, 0.2) is 29.1 Å².